The second-order valence-electron chi connectivity index (χ2n) is 27.7. The van der Waals surface area contributed by atoms with E-state index in [0.29, 0.717) is 65.1 Å². The first-order valence-electron chi connectivity index (χ1n) is 33.6. The molecular formula is C72H100O23P2. The van der Waals surface area contributed by atoms with Gasteiger partial charge in [0.05, 0.1) is 105 Å². The predicted octanol–water partition coefficient (Wildman–Crippen LogP) is 11.2. The maximum absolute atomic E-state index is 13.5. The highest BCUT2D eigenvalue weighted by molar-refractivity contribution is 7.62. The minimum atomic E-state index is -1.65. The highest BCUT2D eigenvalue weighted by Crippen LogP contribution is 2.59. The van der Waals surface area contributed by atoms with E-state index in [0.717, 1.165) is 56.8 Å². The third-order valence-corrected chi connectivity index (χ3v) is 24.0. The maximum atomic E-state index is 13.5. The molecule has 14 rings (SSSR count). The van der Waals surface area contributed by atoms with E-state index in [1.807, 2.05) is 97.0 Å². The molecule has 2 aliphatic carbocycles. The van der Waals surface area contributed by atoms with Crippen LogP contribution in [0, 0.1) is 61.2 Å². The maximum Gasteiger partial charge on any atom is 0.310 e. The Labute approximate surface area is 570 Å². The highest BCUT2D eigenvalue weighted by atomic mass is 31.2. The van der Waals surface area contributed by atoms with Gasteiger partial charge in [0, 0.05) is 46.6 Å². The number of aliphatic hydroxyl groups is 2. The third kappa shape index (κ3) is 15.6. The molecule has 25 heteroatoms. The Kier molecular flexibility index (Phi) is 23.4. The molecule has 0 radical (unpaired) electrons. The van der Waals surface area contributed by atoms with Crippen molar-refractivity contribution in [2.45, 2.75) is 143 Å². The second kappa shape index (κ2) is 30.7. The lowest BCUT2D eigenvalue weighted by Gasteiger charge is -2.49. The molecular weight excluding hydrogens is 1290 g/mol. The van der Waals surface area contributed by atoms with Gasteiger partial charge in [0.1, 0.15) is 35.2 Å². The van der Waals surface area contributed by atoms with E-state index >= 15 is 0 Å². The number of carbonyl (C=O) groups is 2. The first-order chi connectivity index (χ1) is 46.0. The van der Waals surface area contributed by atoms with Crippen molar-refractivity contribution < 1.29 is 109 Å². The summed E-state index contributed by atoms with van der Waals surface area (Å²) in [5.41, 5.74) is 6.94. The number of rotatable bonds is 10. The lowest BCUT2D eigenvalue weighted by atomic mass is 9.66. The van der Waals surface area contributed by atoms with Crippen LogP contribution in [0.4, 0.5) is 0 Å². The number of cyclic esters (lactones) is 2. The summed E-state index contributed by atoms with van der Waals surface area (Å²) in [5.74, 6) is 3.04. The summed E-state index contributed by atoms with van der Waals surface area (Å²) in [6.07, 6.45) is -1.67. The van der Waals surface area contributed by atoms with Crippen LogP contribution in [0.25, 0.3) is 0 Å². The minimum absolute atomic E-state index is 0.0360. The molecule has 2 N–H and O–H groups in total. The standard InChI is InChI=1S/C32H38O10.C22H22O7.C10H18O4.2C4H11OP/c1-14-15(2)32(41-26-12-36-17(4)40-29(14)26)42-30-20-10-25-24(38-13-39-25)9-19(20)27(28-21(30)11-37-31(28)33)18-7-22(34-5)16(3)23(8-18)35-6;1-10-15(25-2)4-11(5-16(10)26-3)19-12-6-17-18(29-9-28-17)7-13(12)21(23)14-8-27-22(24)20(14)19;1-5-6(2)10(11)14-8-4-12-7(3)13-9(5)8;2*1-4-6(2,3)5/h7-10,14-15,17,21,26-30,32H,11-13H2,1-6H3;4-7,14,19-21,23H,8-9H2,1-3H3;5-11H,4H2,1-3H3;2*4H2,1-3H3/t14?,15?,17?,21-,26?,27+,28-,29?,30+,32?;14-,19+,20-,21+;;;/m00.../s1. The Hall–Kier alpha value is -5.68. The topological polar surface area (TPSA) is 266 Å². The Balaban J connectivity index is 0.000000159. The van der Waals surface area contributed by atoms with Gasteiger partial charge in [-0.15, -0.1) is 0 Å². The average molecular weight is 1400 g/mol. The van der Waals surface area contributed by atoms with E-state index in [2.05, 4.69) is 20.8 Å². The molecule has 0 spiro atoms. The Morgan fingerprint density at radius 3 is 1.27 bits per heavy atom. The number of esters is 2. The van der Waals surface area contributed by atoms with Gasteiger partial charge in [-0.3, -0.25) is 9.59 Å². The first kappa shape index (κ1) is 74.0. The summed E-state index contributed by atoms with van der Waals surface area (Å²) in [5, 5.41) is 20.6. The predicted molar refractivity (Wildman–Crippen MR) is 359 cm³/mol. The van der Waals surface area contributed by atoms with Crippen molar-refractivity contribution in [3.05, 3.63) is 93.0 Å². The van der Waals surface area contributed by atoms with Crippen molar-refractivity contribution in [2.24, 2.45) is 47.3 Å². The number of methoxy groups -OCH3 is 4. The van der Waals surface area contributed by atoms with Crippen LogP contribution >= 0.6 is 14.3 Å². The number of fused-ring (bicyclic) bond motifs is 8. The molecule has 536 valence electrons. The van der Waals surface area contributed by atoms with Crippen LogP contribution < -0.4 is 37.9 Å². The van der Waals surface area contributed by atoms with E-state index in [1.165, 1.54) is 0 Å². The van der Waals surface area contributed by atoms with Gasteiger partial charge in [-0.2, -0.15) is 0 Å². The average Bonchev–Trinajstić information content (AvgIpc) is 1.68. The largest absolute Gasteiger partial charge is 0.496 e. The fraction of sp³-hybridized carbons (Fsp3) is 0.639. The Morgan fingerprint density at radius 2 is 0.845 bits per heavy atom. The third-order valence-electron chi connectivity index (χ3n) is 21.0. The van der Waals surface area contributed by atoms with Crippen molar-refractivity contribution in [1.82, 2.24) is 0 Å². The van der Waals surface area contributed by atoms with Crippen LogP contribution in [-0.2, 0) is 61.4 Å². The highest BCUT2D eigenvalue weighted by Gasteiger charge is 2.57. The zero-order valence-corrected chi connectivity index (χ0v) is 61.0. The molecule has 8 aliphatic heterocycles. The molecule has 6 fully saturated rings. The molecule has 12 unspecified atom stereocenters. The summed E-state index contributed by atoms with van der Waals surface area (Å²) in [6, 6.07) is 15.5. The van der Waals surface area contributed by atoms with Crippen molar-refractivity contribution in [3.63, 3.8) is 0 Å². The van der Waals surface area contributed by atoms with Gasteiger partial charge in [0.15, 0.2) is 48.2 Å². The van der Waals surface area contributed by atoms with Gasteiger partial charge in [-0.25, -0.2) is 0 Å². The molecule has 0 amide bonds. The van der Waals surface area contributed by atoms with Crippen LogP contribution in [0.2, 0.25) is 0 Å². The van der Waals surface area contributed by atoms with Crippen molar-refractivity contribution in [1.29, 1.82) is 0 Å². The molecule has 23 nitrogen and oxygen atoms in total. The smallest absolute Gasteiger partial charge is 0.310 e. The molecule has 0 bridgehead atoms. The summed E-state index contributed by atoms with van der Waals surface area (Å²) >= 11 is 0. The van der Waals surface area contributed by atoms with Crippen LogP contribution in [0.1, 0.15) is 124 Å². The number of hydrogen-bond donors (Lipinski definition) is 2. The molecule has 97 heavy (non-hydrogen) atoms. The van der Waals surface area contributed by atoms with Crippen LogP contribution in [-0.4, -0.2) is 179 Å². The fourth-order valence-electron chi connectivity index (χ4n) is 14.3. The van der Waals surface area contributed by atoms with Gasteiger partial charge >= 0.3 is 11.9 Å². The lowest BCUT2D eigenvalue weighted by molar-refractivity contribution is -0.345. The van der Waals surface area contributed by atoms with E-state index in [-0.39, 0.29) is 117 Å². The van der Waals surface area contributed by atoms with E-state index in [1.54, 1.807) is 55.1 Å². The van der Waals surface area contributed by atoms with E-state index < -0.39 is 50.9 Å². The van der Waals surface area contributed by atoms with Gasteiger partial charge in [-0.1, -0.05) is 41.5 Å². The molecule has 6 saturated heterocycles. The van der Waals surface area contributed by atoms with E-state index in [4.69, 9.17) is 80.5 Å². The molecule has 4 aromatic rings. The Morgan fingerprint density at radius 1 is 0.474 bits per heavy atom. The van der Waals surface area contributed by atoms with Crippen LogP contribution in [0.5, 0.6) is 46.0 Å². The summed E-state index contributed by atoms with van der Waals surface area (Å²) in [7, 11) is 3.19. The number of ether oxygens (including phenoxy) is 17. The molecule has 4 aromatic carbocycles. The first-order valence-corrected chi connectivity index (χ1v) is 39.2. The van der Waals surface area contributed by atoms with E-state index in [9.17, 15) is 28.9 Å². The monoisotopic (exact) mass is 1390 g/mol. The number of aliphatic hydroxyl groups excluding tert-OH is 2. The van der Waals surface area contributed by atoms with Gasteiger partial charge in [0.2, 0.25) is 13.6 Å². The van der Waals surface area contributed by atoms with Crippen molar-refractivity contribution in [3.8, 4) is 46.0 Å². The number of hydrogen-bond acceptors (Lipinski definition) is 23. The molecule has 0 aromatic heterocycles. The van der Waals surface area contributed by atoms with Gasteiger partial charge in [-0.05, 0) is 160 Å². The zero-order chi connectivity index (χ0) is 70.3. The molecule has 0 saturated carbocycles. The van der Waals surface area contributed by atoms with Crippen LogP contribution in [0.15, 0.2) is 48.5 Å². The summed E-state index contributed by atoms with van der Waals surface area (Å²) in [6.45, 7) is 28.8. The molecule has 20 atom stereocenters. The fourth-order valence-corrected chi connectivity index (χ4v) is 14.3. The van der Waals surface area contributed by atoms with Crippen LogP contribution in [0.3, 0.4) is 0 Å². The lowest BCUT2D eigenvalue weighted by Crippen LogP contribution is -2.57. The molecule has 10 aliphatic rings. The van der Waals surface area contributed by atoms with Crippen molar-refractivity contribution in [2.75, 3.05) is 107 Å². The van der Waals surface area contributed by atoms with Gasteiger partial charge < -0.3 is 99.9 Å². The number of carbonyl (C=O) groups excluding carboxylic acids is 2. The summed E-state index contributed by atoms with van der Waals surface area (Å²) in [4.78, 5) is 26.2. The number of benzene rings is 4. The van der Waals surface area contributed by atoms with Gasteiger partial charge in [0.25, 0.3) is 0 Å². The molecule has 8 heterocycles. The SMILES string of the molecule is CC1OCC2OC(O)C(C)C(C)C2O1.CCP(C)(C)=O.CCP(C)(C)=O.COc1cc([C@@H]2c3cc4c(cc3[C@@H](O)[C@H]3COC(=O)[C@H]23)OCO4)cc(OC)c1C.COc1cc([C@@H]2c3cc4c(cc3[C@@H](OC3OC5COC(C)OC5C(C)C3C)[C@H]3COC(=O)[C@H]23)OCO4)cc(OC)c1C. The minimum Gasteiger partial charge on any atom is -0.496 e. The summed E-state index contributed by atoms with van der Waals surface area (Å²) < 4.78 is 119. The zero-order valence-electron chi connectivity index (χ0n) is 59.2. The second-order valence-corrected chi connectivity index (χ2v) is 35.3. The Bertz CT molecular complexity index is 3470. The quantitative estimate of drug-likeness (QED) is 0.110. The normalized spacial score (nSPS) is 33.0. The van der Waals surface area contributed by atoms with Crippen molar-refractivity contribution >= 4 is 26.2 Å².